The first-order chi connectivity index (χ1) is 9.49. The van der Waals surface area contributed by atoms with Crippen molar-refractivity contribution in [2.24, 2.45) is 0 Å². The minimum atomic E-state index is -0.421. The fraction of sp³-hybridized carbons (Fsp3) is 0.938. The van der Waals surface area contributed by atoms with Crippen LogP contribution in [-0.4, -0.2) is 37.0 Å². The van der Waals surface area contributed by atoms with Gasteiger partial charge in [0.25, 0.3) is 0 Å². The van der Waals surface area contributed by atoms with Crippen molar-refractivity contribution < 1.29 is 9.47 Å². The minimum absolute atomic E-state index is 0.291. The number of hydrogen-bond acceptors (Lipinski definition) is 4. The summed E-state index contributed by atoms with van der Waals surface area (Å²) < 4.78 is 11.7. The molecule has 0 aromatic heterocycles. The van der Waals surface area contributed by atoms with Crippen molar-refractivity contribution in [2.75, 3.05) is 13.2 Å². The largest absolute Gasteiger partial charge is 0.378 e. The molecule has 3 atom stereocenters. The molecule has 0 aromatic carbocycles. The smallest absolute Gasteiger partial charge is 0.104 e. The third-order valence-corrected chi connectivity index (χ3v) is 3.84. The fourth-order valence-corrected chi connectivity index (χ4v) is 2.74. The van der Waals surface area contributed by atoms with Crippen LogP contribution in [-0.2, 0) is 9.47 Å². The van der Waals surface area contributed by atoms with Gasteiger partial charge in [-0.05, 0) is 59.4 Å². The molecule has 0 saturated carbocycles. The van der Waals surface area contributed by atoms with Gasteiger partial charge in [-0.15, -0.1) is 0 Å². The molecular weight excluding hydrogens is 252 g/mol. The average molecular weight is 282 g/mol. The Bertz CT molecular complexity index is 306. The summed E-state index contributed by atoms with van der Waals surface area (Å²) in [5.41, 5.74) is -0.421. The van der Waals surface area contributed by atoms with Gasteiger partial charge in [0.15, 0.2) is 0 Å². The number of rotatable bonds is 8. The van der Waals surface area contributed by atoms with Crippen LogP contribution in [0.1, 0.15) is 59.8 Å². The van der Waals surface area contributed by atoms with E-state index in [9.17, 15) is 5.26 Å². The summed E-state index contributed by atoms with van der Waals surface area (Å²) in [6, 6.07) is 2.38. The summed E-state index contributed by atoms with van der Waals surface area (Å²) in [6.45, 7) is 9.92. The van der Waals surface area contributed by atoms with E-state index in [0.29, 0.717) is 18.3 Å². The molecule has 0 aromatic rings. The van der Waals surface area contributed by atoms with E-state index in [0.717, 1.165) is 45.3 Å². The number of nitriles is 1. The Morgan fingerprint density at radius 1 is 1.35 bits per heavy atom. The quantitative estimate of drug-likeness (QED) is 0.695. The second-order valence-electron chi connectivity index (χ2n) is 6.20. The third-order valence-electron chi connectivity index (χ3n) is 3.84. The van der Waals surface area contributed by atoms with Gasteiger partial charge in [0.1, 0.15) is 5.54 Å². The predicted molar refractivity (Wildman–Crippen MR) is 80.5 cm³/mol. The molecule has 1 rings (SSSR count). The summed E-state index contributed by atoms with van der Waals surface area (Å²) in [5.74, 6) is 0. The van der Waals surface area contributed by atoms with Gasteiger partial charge in [-0.1, -0.05) is 6.92 Å². The van der Waals surface area contributed by atoms with Crippen LogP contribution >= 0.6 is 0 Å². The minimum Gasteiger partial charge on any atom is -0.378 e. The van der Waals surface area contributed by atoms with Gasteiger partial charge in [0, 0.05) is 6.61 Å². The van der Waals surface area contributed by atoms with E-state index in [1.807, 2.05) is 6.92 Å². The summed E-state index contributed by atoms with van der Waals surface area (Å²) >= 11 is 0. The van der Waals surface area contributed by atoms with Crippen molar-refractivity contribution in [3.8, 4) is 6.07 Å². The lowest BCUT2D eigenvalue weighted by atomic mass is 9.97. The monoisotopic (exact) mass is 282 g/mol. The van der Waals surface area contributed by atoms with E-state index in [1.54, 1.807) is 0 Å². The second-order valence-corrected chi connectivity index (χ2v) is 6.20. The van der Waals surface area contributed by atoms with Crippen LogP contribution in [0.3, 0.4) is 0 Å². The van der Waals surface area contributed by atoms with E-state index in [4.69, 9.17) is 9.47 Å². The lowest BCUT2D eigenvalue weighted by Crippen LogP contribution is -2.41. The highest BCUT2D eigenvalue weighted by Gasteiger charge is 2.26. The first-order valence-corrected chi connectivity index (χ1v) is 7.92. The van der Waals surface area contributed by atoms with E-state index in [-0.39, 0.29) is 0 Å². The number of nitrogens with one attached hydrogen (secondary N) is 1. The van der Waals surface area contributed by atoms with Gasteiger partial charge in [-0.3, -0.25) is 5.32 Å². The fourth-order valence-electron chi connectivity index (χ4n) is 2.74. The molecule has 3 unspecified atom stereocenters. The Hall–Kier alpha value is -0.630. The number of nitrogens with zero attached hydrogens (tertiary/aromatic N) is 1. The zero-order valence-corrected chi connectivity index (χ0v) is 13.4. The standard InChI is InChI=1S/C16H30N2O2/c1-5-8-18-16(4,12-17)7-6-9-19-15-10-13(2)20-14(3)11-15/h13-15,18H,5-11H2,1-4H3. The van der Waals surface area contributed by atoms with Gasteiger partial charge in [0.2, 0.25) is 0 Å². The molecular formula is C16H30N2O2. The molecule has 20 heavy (non-hydrogen) atoms. The highest BCUT2D eigenvalue weighted by Crippen LogP contribution is 2.22. The van der Waals surface area contributed by atoms with E-state index in [2.05, 4.69) is 32.2 Å². The van der Waals surface area contributed by atoms with E-state index in [1.165, 1.54) is 0 Å². The third kappa shape index (κ3) is 6.21. The zero-order chi connectivity index (χ0) is 15.0. The molecule has 116 valence electrons. The molecule has 0 aliphatic carbocycles. The summed E-state index contributed by atoms with van der Waals surface area (Å²) in [6.07, 6.45) is 5.65. The van der Waals surface area contributed by atoms with Crippen molar-refractivity contribution in [3.63, 3.8) is 0 Å². The Kier molecular flexibility index (Phi) is 7.50. The molecule has 1 fully saturated rings. The summed E-state index contributed by atoms with van der Waals surface area (Å²) in [5, 5.41) is 12.6. The summed E-state index contributed by atoms with van der Waals surface area (Å²) in [4.78, 5) is 0. The maximum absolute atomic E-state index is 9.26. The lowest BCUT2D eigenvalue weighted by molar-refractivity contribution is -0.102. The Balaban J connectivity index is 2.22. The highest BCUT2D eigenvalue weighted by atomic mass is 16.5. The van der Waals surface area contributed by atoms with Crippen molar-refractivity contribution in [2.45, 2.75) is 83.6 Å². The van der Waals surface area contributed by atoms with E-state index >= 15 is 0 Å². The average Bonchev–Trinajstić information content (AvgIpc) is 2.40. The van der Waals surface area contributed by atoms with Crippen LogP contribution in [0, 0.1) is 11.3 Å². The second kappa shape index (κ2) is 8.61. The molecule has 1 heterocycles. The van der Waals surface area contributed by atoms with E-state index < -0.39 is 5.54 Å². The van der Waals surface area contributed by atoms with Crippen LogP contribution in [0.15, 0.2) is 0 Å². The normalized spacial score (nSPS) is 29.6. The highest BCUT2D eigenvalue weighted by molar-refractivity contribution is 5.03. The molecule has 4 heteroatoms. The Morgan fingerprint density at radius 3 is 2.55 bits per heavy atom. The molecule has 1 aliphatic heterocycles. The molecule has 1 aliphatic rings. The van der Waals surface area contributed by atoms with Crippen molar-refractivity contribution in [3.05, 3.63) is 0 Å². The van der Waals surface area contributed by atoms with Crippen molar-refractivity contribution >= 4 is 0 Å². The lowest BCUT2D eigenvalue weighted by Gasteiger charge is -2.32. The number of hydrogen-bond donors (Lipinski definition) is 1. The van der Waals surface area contributed by atoms with Crippen LogP contribution < -0.4 is 5.32 Å². The summed E-state index contributed by atoms with van der Waals surface area (Å²) in [7, 11) is 0. The topological polar surface area (TPSA) is 54.3 Å². The maximum atomic E-state index is 9.26. The van der Waals surface area contributed by atoms with Gasteiger partial charge in [0.05, 0.1) is 24.4 Å². The van der Waals surface area contributed by atoms with Gasteiger partial charge >= 0.3 is 0 Å². The molecule has 1 N–H and O–H groups in total. The predicted octanol–water partition coefficient (Wildman–Crippen LogP) is 3.02. The molecule has 0 radical (unpaired) electrons. The van der Waals surface area contributed by atoms with Crippen LogP contribution in [0.2, 0.25) is 0 Å². The van der Waals surface area contributed by atoms with Crippen LogP contribution in [0.5, 0.6) is 0 Å². The Labute approximate surface area is 123 Å². The van der Waals surface area contributed by atoms with Gasteiger partial charge in [-0.2, -0.15) is 5.26 Å². The van der Waals surface area contributed by atoms with Gasteiger partial charge in [-0.25, -0.2) is 0 Å². The van der Waals surface area contributed by atoms with Crippen molar-refractivity contribution in [1.29, 1.82) is 5.26 Å². The molecule has 4 nitrogen and oxygen atoms in total. The maximum Gasteiger partial charge on any atom is 0.104 e. The number of ether oxygens (including phenoxy) is 2. The van der Waals surface area contributed by atoms with Crippen molar-refractivity contribution in [1.82, 2.24) is 5.32 Å². The SMILES string of the molecule is CCCNC(C)(C#N)CCCOC1CC(C)OC(C)C1. The molecule has 0 spiro atoms. The molecule has 1 saturated heterocycles. The first-order valence-electron chi connectivity index (χ1n) is 7.92. The Morgan fingerprint density at radius 2 is 2.00 bits per heavy atom. The van der Waals surface area contributed by atoms with Gasteiger partial charge < -0.3 is 9.47 Å². The molecule has 0 bridgehead atoms. The first kappa shape index (κ1) is 17.4. The van der Waals surface area contributed by atoms with Crippen LogP contribution in [0.4, 0.5) is 0 Å². The zero-order valence-electron chi connectivity index (χ0n) is 13.4. The molecule has 0 amide bonds. The van der Waals surface area contributed by atoms with Crippen LogP contribution in [0.25, 0.3) is 0 Å².